The lowest BCUT2D eigenvalue weighted by Crippen LogP contribution is -2.32. The van der Waals surface area contributed by atoms with Gasteiger partial charge in [0.1, 0.15) is 5.82 Å². The number of hydrogen-bond acceptors (Lipinski definition) is 2. The zero-order valence-corrected chi connectivity index (χ0v) is 14.0. The number of nitrogens with zero attached hydrogens (tertiary/aromatic N) is 1. The van der Waals surface area contributed by atoms with Gasteiger partial charge in [0.05, 0.1) is 18.0 Å². The maximum Gasteiger partial charge on any atom is 0.335 e. The van der Waals surface area contributed by atoms with Gasteiger partial charge in [0.25, 0.3) is 0 Å². The minimum Gasteiger partial charge on any atom is -0.478 e. The average Bonchev–Trinajstić information content (AvgIpc) is 2.97. The molecule has 2 aromatic carbocycles. The van der Waals surface area contributed by atoms with Crippen LogP contribution in [0.4, 0.5) is 4.39 Å². The fraction of sp³-hybridized carbons (Fsp3) is 0.300. The average molecular weight is 341 g/mol. The second-order valence-electron chi connectivity index (χ2n) is 6.64. The van der Waals surface area contributed by atoms with Gasteiger partial charge in [-0.1, -0.05) is 31.2 Å². The summed E-state index contributed by atoms with van der Waals surface area (Å²) in [4.78, 5) is 25.5. The van der Waals surface area contributed by atoms with Gasteiger partial charge in [-0.15, -0.1) is 0 Å². The van der Waals surface area contributed by atoms with Crippen LogP contribution >= 0.6 is 0 Å². The summed E-state index contributed by atoms with van der Waals surface area (Å²) in [6.45, 7) is 2.73. The molecule has 4 nitrogen and oxygen atoms in total. The number of carboxylic acids is 1. The summed E-state index contributed by atoms with van der Waals surface area (Å²) in [7, 11) is 0. The topological polar surface area (TPSA) is 57.6 Å². The summed E-state index contributed by atoms with van der Waals surface area (Å²) in [6.07, 6.45) is 1.02. The fourth-order valence-electron chi connectivity index (χ4n) is 3.39. The van der Waals surface area contributed by atoms with Crippen LogP contribution in [0.25, 0.3) is 0 Å². The van der Waals surface area contributed by atoms with Gasteiger partial charge in [0, 0.05) is 6.54 Å². The Morgan fingerprint density at radius 3 is 2.56 bits per heavy atom. The van der Waals surface area contributed by atoms with Gasteiger partial charge in [0.15, 0.2) is 0 Å². The molecule has 1 N–H and O–H groups in total. The van der Waals surface area contributed by atoms with Crippen molar-refractivity contribution in [1.82, 2.24) is 4.90 Å². The molecule has 1 saturated heterocycles. The lowest BCUT2D eigenvalue weighted by molar-refractivity contribution is -0.131. The van der Waals surface area contributed by atoms with E-state index >= 15 is 0 Å². The lowest BCUT2D eigenvalue weighted by atomic mass is 10.0. The second-order valence-corrected chi connectivity index (χ2v) is 6.64. The Labute approximate surface area is 145 Å². The van der Waals surface area contributed by atoms with Crippen LogP contribution in [0, 0.1) is 11.7 Å². The second kappa shape index (κ2) is 7.05. The van der Waals surface area contributed by atoms with E-state index in [0.29, 0.717) is 12.5 Å². The van der Waals surface area contributed by atoms with E-state index in [1.54, 1.807) is 18.2 Å². The largest absolute Gasteiger partial charge is 0.478 e. The predicted octanol–water partition coefficient (Wildman–Crippen LogP) is 3.68. The minimum atomic E-state index is -0.989. The van der Waals surface area contributed by atoms with Crippen molar-refractivity contribution in [1.29, 1.82) is 0 Å². The number of likely N-dealkylation sites (tertiary alicyclic amines) is 1. The number of hydrogen-bond donors (Lipinski definition) is 1. The monoisotopic (exact) mass is 341 g/mol. The van der Waals surface area contributed by atoms with E-state index in [1.807, 2.05) is 11.0 Å². The van der Waals surface area contributed by atoms with E-state index in [-0.39, 0.29) is 29.8 Å². The summed E-state index contributed by atoms with van der Waals surface area (Å²) in [5.74, 6) is -0.959. The van der Waals surface area contributed by atoms with Gasteiger partial charge < -0.3 is 10.0 Å². The van der Waals surface area contributed by atoms with Gasteiger partial charge >= 0.3 is 5.97 Å². The van der Waals surface area contributed by atoms with Crippen molar-refractivity contribution in [3.8, 4) is 0 Å². The molecule has 0 spiro atoms. The molecule has 0 aromatic heterocycles. The number of benzene rings is 2. The third kappa shape index (κ3) is 3.87. The summed E-state index contributed by atoms with van der Waals surface area (Å²) in [5.41, 5.74) is 1.79. The molecule has 1 aliphatic heterocycles. The first-order valence-electron chi connectivity index (χ1n) is 8.31. The zero-order chi connectivity index (χ0) is 18.0. The number of carboxylic acid groups (broad SMARTS) is 1. The molecule has 3 rings (SSSR count). The van der Waals surface area contributed by atoms with Gasteiger partial charge in [-0.3, -0.25) is 4.79 Å². The molecule has 2 unspecified atom stereocenters. The normalized spacial score (nSPS) is 19.8. The molecule has 5 heteroatoms. The number of aromatic carboxylic acids is 1. The number of amides is 1. The third-order valence-corrected chi connectivity index (χ3v) is 4.62. The molecule has 1 heterocycles. The van der Waals surface area contributed by atoms with Crippen molar-refractivity contribution in [2.45, 2.75) is 25.8 Å². The summed E-state index contributed by atoms with van der Waals surface area (Å²) in [5, 5.41) is 8.94. The molecule has 130 valence electrons. The summed E-state index contributed by atoms with van der Waals surface area (Å²) in [6, 6.07) is 12.6. The quantitative estimate of drug-likeness (QED) is 0.923. The first kappa shape index (κ1) is 17.1. The standard InChI is InChI=1S/C20H20FNO3/c1-13-9-18(16-3-2-4-17(21)11-16)22(12-13)19(23)10-14-5-7-15(8-6-14)20(24)25/h2-8,11,13,18H,9-10,12H2,1H3,(H,24,25). The molecule has 0 saturated carbocycles. The number of carbonyl (C=O) groups is 2. The third-order valence-electron chi connectivity index (χ3n) is 4.62. The van der Waals surface area contributed by atoms with Crippen molar-refractivity contribution >= 4 is 11.9 Å². The molecule has 0 radical (unpaired) electrons. The van der Waals surface area contributed by atoms with E-state index in [0.717, 1.165) is 17.5 Å². The van der Waals surface area contributed by atoms with E-state index in [2.05, 4.69) is 6.92 Å². The fourth-order valence-corrected chi connectivity index (χ4v) is 3.39. The van der Waals surface area contributed by atoms with Crippen molar-refractivity contribution in [2.24, 2.45) is 5.92 Å². The molecule has 1 amide bonds. The minimum absolute atomic E-state index is 0.0262. The van der Waals surface area contributed by atoms with Crippen LogP contribution in [-0.4, -0.2) is 28.4 Å². The Bertz CT molecular complexity index is 788. The van der Waals surface area contributed by atoms with Crippen LogP contribution in [0.15, 0.2) is 48.5 Å². The van der Waals surface area contributed by atoms with Crippen LogP contribution in [0.2, 0.25) is 0 Å². The number of halogens is 1. The van der Waals surface area contributed by atoms with E-state index < -0.39 is 5.97 Å². The van der Waals surface area contributed by atoms with Crippen LogP contribution in [-0.2, 0) is 11.2 Å². The highest BCUT2D eigenvalue weighted by Crippen LogP contribution is 2.35. The maximum atomic E-state index is 13.5. The number of carbonyl (C=O) groups excluding carboxylic acids is 1. The molecule has 0 aliphatic carbocycles. The molecule has 1 aliphatic rings. The predicted molar refractivity (Wildman–Crippen MR) is 91.7 cm³/mol. The van der Waals surface area contributed by atoms with Gasteiger partial charge in [-0.2, -0.15) is 0 Å². The van der Waals surface area contributed by atoms with Gasteiger partial charge in [-0.05, 0) is 47.7 Å². The van der Waals surface area contributed by atoms with Crippen molar-refractivity contribution in [3.63, 3.8) is 0 Å². The van der Waals surface area contributed by atoms with E-state index in [9.17, 15) is 14.0 Å². The molecule has 25 heavy (non-hydrogen) atoms. The van der Waals surface area contributed by atoms with Crippen LogP contribution in [0.3, 0.4) is 0 Å². The number of rotatable bonds is 4. The Morgan fingerprint density at radius 1 is 1.20 bits per heavy atom. The lowest BCUT2D eigenvalue weighted by Gasteiger charge is -2.25. The van der Waals surface area contributed by atoms with Crippen LogP contribution in [0.1, 0.15) is 40.9 Å². The Morgan fingerprint density at radius 2 is 1.92 bits per heavy atom. The van der Waals surface area contributed by atoms with Crippen molar-refractivity contribution in [2.75, 3.05) is 6.54 Å². The highest BCUT2D eigenvalue weighted by atomic mass is 19.1. The SMILES string of the molecule is CC1CC(c2cccc(F)c2)N(C(=O)Cc2ccc(C(=O)O)cc2)C1. The molecule has 1 fully saturated rings. The van der Waals surface area contributed by atoms with Crippen LogP contribution < -0.4 is 0 Å². The van der Waals surface area contributed by atoms with Crippen LogP contribution in [0.5, 0.6) is 0 Å². The first-order chi connectivity index (χ1) is 11.9. The molecule has 2 aromatic rings. The molecular weight excluding hydrogens is 321 g/mol. The smallest absolute Gasteiger partial charge is 0.335 e. The highest BCUT2D eigenvalue weighted by molar-refractivity contribution is 5.87. The molecule has 0 bridgehead atoms. The molecule has 2 atom stereocenters. The summed E-state index contributed by atoms with van der Waals surface area (Å²) >= 11 is 0. The first-order valence-corrected chi connectivity index (χ1v) is 8.31. The Balaban J connectivity index is 1.76. The maximum absolute atomic E-state index is 13.5. The Hall–Kier alpha value is -2.69. The van der Waals surface area contributed by atoms with Gasteiger partial charge in [-0.25, -0.2) is 9.18 Å². The van der Waals surface area contributed by atoms with Crippen molar-refractivity contribution < 1.29 is 19.1 Å². The zero-order valence-electron chi connectivity index (χ0n) is 14.0. The van der Waals surface area contributed by atoms with E-state index in [1.165, 1.54) is 24.3 Å². The Kier molecular flexibility index (Phi) is 4.83. The highest BCUT2D eigenvalue weighted by Gasteiger charge is 2.34. The van der Waals surface area contributed by atoms with Gasteiger partial charge in [0.2, 0.25) is 5.91 Å². The van der Waals surface area contributed by atoms with E-state index in [4.69, 9.17) is 5.11 Å². The molecular formula is C20H20FNO3. The summed E-state index contributed by atoms with van der Waals surface area (Å²) < 4.78 is 13.5. The van der Waals surface area contributed by atoms with Crippen molar-refractivity contribution in [3.05, 3.63) is 71.0 Å².